The lowest BCUT2D eigenvalue weighted by Gasteiger charge is -2.08. The molecule has 0 amide bonds. The number of hydrogen-bond acceptors (Lipinski definition) is 0. The quantitative estimate of drug-likeness (QED) is 0.0634. The van der Waals surface area contributed by atoms with Crippen molar-refractivity contribution in [2.45, 2.75) is 174 Å². The van der Waals surface area contributed by atoms with E-state index in [0.717, 1.165) is 70.6 Å². The van der Waals surface area contributed by atoms with Gasteiger partial charge in [0.05, 0.1) is 0 Å². The summed E-state index contributed by atoms with van der Waals surface area (Å²) in [5, 5.41) is 0. The fourth-order valence-electron chi connectivity index (χ4n) is 15.6. The second kappa shape index (κ2) is 44.2. The van der Waals surface area contributed by atoms with E-state index in [0.29, 0.717) is 0 Å². The van der Waals surface area contributed by atoms with Gasteiger partial charge < -0.3 is 0 Å². The van der Waals surface area contributed by atoms with Gasteiger partial charge in [-0.15, -0.1) is 0 Å². The maximum absolute atomic E-state index is 2.31. The fourth-order valence-corrected chi connectivity index (χ4v) is 15.6. The van der Waals surface area contributed by atoms with E-state index in [1.54, 1.807) is 0 Å². The molecule has 614 valence electrons. The van der Waals surface area contributed by atoms with Crippen molar-refractivity contribution in [1.29, 1.82) is 0 Å². The first kappa shape index (κ1) is 88.8. The number of rotatable bonds is 22. The maximum Gasteiger partial charge on any atom is -0.00257 e. The first-order chi connectivity index (χ1) is 58.9. The first-order valence-corrected chi connectivity index (χ1v) is 44.0. The summed E-state index contributed by atoms with van der Waals surface area (Å²) in [4.78, 5) is 0. The van der Waals surface area contributed by atoms with Crippen LogP contribution in [0, 0.1) is 104 Å². The average molecular weight is 1590 g/mol. The monoisotopic (exact) mass is 1590 g/mol. The normalized spacial score (nSPS) is 10.8. The molecule has 0 aromatic heterocycles. The third kappa shape index (κ3) is 28.6. The summed E-state index contributed by atoms with van der Waals surface area (Å²) in [5.41, 5.74) is 50.6. The molecule has 0 aliphatic rings. The van der Waals surface area contributed by atoms with Gasteiger partial charge >= 0.3 is 0 Å². The molecule has 0 saturated carbocycles. The molecule has 16 rings (SSSR count). The van der Waals surface area contributed by atoms with Crippen molar-refractivity contribution in [3.05, 3.63) is 564 Å². The summed E-state index contributed by atoms with van der Waals surface area (Å²) in [6, 6.07) is 132. The van der Waals surface area contributed by atoms with Crippen molar-refractivity contribution >= 4 is 0 Å². The molecule has 0 heteroatoms. The zero-order valence-electron chi connectivity index (χ0n) is 75.3. The van der Waals surface area contributed by atoms with Crippen LogP contribution in [0.2, 0.25) is 0 Å². The van der Waals surface area contributed by atoms with E-state index in [1.807, 2.05) is 0 Å². The highest BCUT2D eigenvalue weighted by molar-refractivity contribution is 5.44. The third-order valence-electron chi connectivity index (χ3n) is 24.0. The number of benzene rings is 16. The molecule has 0 radical (unpaired) electrons. The highest BCUT2D eigenvalue weighted by atomic mass is 14.2. The summed E-state index contributed by atoms with van der Waals surface area (Å²) < 4.78 is 0. The molecule has 0 N–H and O–H groups in total. The van der Waals surface area contributed by atoms with Crippen molar-refractivity contribution in [3.63, 3.8) is 0 Å². The predicted molar refractivity (Wildman–Crippen MR) is 525 cm³/mol. The predicted octanol–water partition coefficient (Wildman–Crippen LogP) is 30.6. The Bertz CT molecular complexity index is 5970. The maximum atomic E-state index is 2.31. The lowest BCUT2D eigenvalue weighted by Crippen LogP contribution is -1.93. The van der Waals surface area contributed by atoms with Crippen LogP contribution in [-0.4, -0.2) is 0 Å². The van der Waals surface area contributed by atoms with Gasteiger partial charge in [-0.05, 0) is 353 Å². The van der Waals surface area contributed by atoms with Crippen LogP contribution in [0.4, 0.5) is 0 Å². The molecule has 0 unspecified atom stereocenters. The highest BCUT2D eigenvalue weighted by Gasteiger charge is 2.10. The molecule has 122 heavy (non-hydrogen) atoms. The lowest BCUT2D eigenvalue weighted by atomic mass is 9.97. The minimum Gasteiger partial charge on any atom is -0.0617 e. The number of hydrogen-bond donors (Lipinski definition) is 0. The zero-order chi connectivity index (χ0) is 85.9. The minimum atomic E-state index is 0.981. The molecule has 16 aromatic rings. The van der Waals surface area contributed by atoms with Gasteiger partial charge in [0.25, 0.3) is 0 Å². The summed E-state index contributed by atoms with van der Waals surface area (Å²) in [6.07, 6.45) is 11.0. The van der Waals surface area contributed by atoms with Crippen molar-refractivity contribution < 1.29 is 0 Å². The van der Waals surface area contributed by atoms with Crippen LogP contribution in [0.3, 0.4) is 0 Å². The average Bonchev–Trinajstić information content (AvgIpc) is 0.883. The van der Waals surface area contributed by atoms with Crippen molar-refractivity contribution in [2.75, 3.05) is 0 Å². The van der Waals surface area contributed by atoms with Gasteiger partial charge in [-0.25, -0.2) is 0 Å². The van der Waals surface area contributed by atoms with E-state index in [9.17, 15) is 0 Å². The number of aryl methyl sites for hydroxylation is 15. The Morgan fingerprint density at radius 1 is 0.0984 bits per heavy atom. The molecule has 0 bridgehead atoms. The topological polar surface area (TPSA) is 0 Å². The molecule has 0 fully saturated rings. The largest absolute Gasteiger partial charge is 0.0617 e. The minimum absolute atomic E-state index is 0.981. The Hall–Kier alpha value is -12.5. The molecule has 0 saturated heterocycles. The van der Waals surface area contributed by atoms with Crippen molar-refractivity contribution in [3.8, 4) is 0 Å². The van der Waals surface area contributed by atoms with E-state index in [2.05, 4.69) is 462 Å². The van der Waals surface area contributed by atoms with Gasteiger partial charge in [0.1, 0.15) is 0 Å². The Labute approximate surface area is 733 Å². The second-order valence-corrected chi connectivity index (χ2v) is 34.9. The van der Waals surface area contributed by atoms with Crippen LogP contribution in [0.1, 0.15) is 206 Å². The van der Waals surface area contributed by atoms with Crippen LogP contribution in [0.5, 0.6) is 0 Å². The zero-order valence-corrected chi connectivity index (χ0v) is 75.3. The summed E-state index contributed by atoms with van der Waals surface area (Å²) in [7, 11) is 0. The van der Waals surface area contributed by atoms with Gasteiger partial charge in [0.15, 0.2) is 0 Å². The molecule has 0 aliphatic heterocycles. The molecular formula is C122H126. The summed E-state index contributed by atoms with van der Waals surface area (Å²) in [5.74, 6) is 0. The van der Waals surface area contributed by atoms with Crippen LogP contribution in [-0.2, 0) is 70.6 Å². The third-order valence-corrected chi connectivity index (χ3v) is 24.0. The smallest absolute Gasteiger partial charge is 0.00257 e. The second-order valence-electron chi connectivity index (χ2n) is 34.9. The molecule has 0 heterocycles. The molecule has 0 aliphatic carbocycles. The van der Waals surface area contributed by atoms with E-state index in [1.165, 1.54) is 206 Å². The summed E-state index contributed by atoms with van der Waals surface area (Å²) in [6.45, 7) is 32.4. The molecule has 0 atom stereocenters. The van der Waals surface area contributed by atoms with Crippen molar-refractivity contribution in [2.24, 2.45) is 0 Å². The van der Waals surface area contributed by atoms with Crippen LogP contribution >= 0.6 is 0 Å². The first-order valence-electron chi connectivity index (χ1n) is 44.0. The standard InChI is InChI=1S/2C30H30.2C23H24.C16H18/c1-22-4-7-25(8-5-22)19-26-10-12-27(13-11-26)20-28-14-16-29(17-15-28)21-30-9-6-23(2)24(3)18-30;1-22-5-4-6-29(17-22)20-27-13-9-25(10-14-27)19-26-11-15-28(16-12-26)21-30-8-7-23(2)24(3)18-30;1-17-4-7-20(8-5-17)15-21-10-12-22(13-11-21)16-23-9-6-18(2)19(3)14-23;1-17-5-4-6-22(13-17)15-20-9-11-21(12-10-20)16-23-8-7-18(2)19(3)14-23;1-12-4-7-15(8-5-12)11-16-9-6-13(2)14(3)10-16/h2*4-18H,19-21H2,1-3H3;2*4-14H,15-16H2,1-3H3;4-10H,11H2,1-3H3. The van der Waals surface area contributed by atoms with Gasteiger partial charge in [-0.2, -0.15) is 0 Å². The van der Waals surface area contributed by atoms with E-state index >= 15 is 0 Å². The Morgan fingerprint density at radius 3 is 0.361 bits per heavy atom. The summed E-state index contributed by atoms with van der Waals surface area (Å²) >= 11 is 0. The Balaban J connectivity index is 0.000000141. The van der Waals surface area contributed by atoms with Gasteiger partial charge in [0, 0.05) is 0 Å². The van der Waals surface area contributed by atoms with E-state index < -0.39 is 0 Å². The van der Waals surface area contributed by atoms with Gasteiger partial charge in [-0.3, -0.25) is 0 Å². The van der Waals surface area contributed by atoms with E-state index in [4.69, 9.17) is 0 Å². The van der Waals surface area contributed by atoms with Crippen LogP contribution in [0.15, 0.2) is 358 Å². The van der Waals surface area contributed by atoms with Gasteiger partial charge in [-0.1, -0.05) is 386 Å². The molecule has 0 spiro atoms. The van der Waals surface area contributed by atoms with Crippen LogP contribution in [0.25, 0.3) is 0 Å². The molecule has 16 aromatic carbocycles. The highest BCUT2D eigenvalue weighted by Crippen LogP contribution is 2.25. The fraction of sp³-hybridized carbons (Fsp3) is 0.213. The van der Waals surface area contributed by atoms with Crippen molar-refractivity contribution in [1.82, 2.24) is 0 Å². The van der Waals surface area contributed by atoms with E-state index in [-0.39, 0.29) is 0 Å². The van der Waals surface area contributed by atoms with Crippen LogP contribution < -0.4 is 0 Å². The SMILES string of the molecule is Cc1ccc(Cc2ccc(C)c(C)c2)cc1.Cc1ccc(Cc2ccc(Cc3ccc(C)c(C)c3)cc2)cc1.Cc1ccc(Cc2ccc(Cc3ccc(Cc4ccc(C)c(C)c4)cc3)cc2)cc1.Cc1cccc(Cc2ccc(Cc3ccc(C)c(C)c3)cc2)c1.Cc1cccc(Cc2ccc(Cc3ccc(Cc4ccc(C)c(C)c4)cc3)cc2)c1. The Morgan fingerprint density at radius 2 is 0.221 bits per heavy atom. The van der Waals surface area contributed by atoms with Gasteiger partial charge in [0.2, 0.25) is 0 Å². The lowest BCUT2D eigenvalue weighted by molar-refractivity contribution is 1.13. The Kier molecular flexibility index (Phi) is 32.2. The molecule has 0 nitrogen and oxygen atoms in total. The molecular weight excluding hydrogens is 1470 g/mol.